The zero-order valence-corrected chi connectivity index (χ0v) is 13.8. The van der Waals surface area contributed by atoms with Crippen LogP contribution in [0.3, 0.4) is 0 Å². The molecule has 4 unspecified atom stereocenters. The number of nitrogens with one attached hydrogen (secondary N) is 1. The van der Waals surface area contributed by atoms with Gasteiger partial charge in [-0.15, -0.1) is 11.3 Å². The van der Waals surface area contributed by atoms with E-state index in [-0.39, 0.29) is 11.8 Å². The third kappa shape index (κ3) is 2.27. The Morgan fingerprint density at radius 3 is 2.86 bits per heavy atom. The van der Waals surface area contributed by atoms with Crippen LogP contribution in [-0.2, 0) is 17.6 Å². The normalized spacial score (nSPS) is 32.5. The zero-order chi connectivity index (χ0) is 15.3. The quantitative estimate of drug-likeness (QED) is 0.892. The van der Waals surface area contributed by atoms with Crippen molar-refractivity contribution in [2.75, 3.05) is 5.32 Å². The number of nitriles is 1. The zero-order valence-electron chi connectivity index (χ0n) is 13.0. The van der Waals surface area contributed by atoms with E-state index in [0.29, 0.717) is 11.8 Å². The van der Waals surface area contributed by atoms with E-state index < -0.39 is 0 Å². The second kappa shape index (κ2) is 5.38. The number of hydrogen-bond donors (Lipinski definition) is 1. The van der Waals surface area contributed by atoms with E-state index in [4.69, 9.17) is 0 Å². The molecule has 1 aromatic heterocycles. The molecule has 4 rings (SSSR count). The number of carbonyl (C=O) groups excluding carboxylic acids is 1. The van der Waals surface area contributed by atoms with Crippen LogP contribution in [0.15, 0.2) is 0 Å². The minimum absolute atomic E-state index is 0.162. The lowest BCUT2D eigenvalue weighted by Gasteiger charge is -2.20. The highest BCUT2D eigenvalue weighted by atomic mass is 32.1. The average Bonchev–Trinajstić information content (AvgIpc) is 3.19. The second-order valence-corrected chi connectivity index (χ2v) is 8.54. The summed E-state index contributed by atoms with van der Waals surface area (Å²) in [6.45, 7) is 2.27. The highest BCUT2D eigenvalue weighted by molar-refractivity contribution is 7.16. The minimum Gasteiger partial charge on any atom is -0.316 e. The standard InChI is InChI=1S/C18H22N2OS/c1-10-2-5-13-15(9-19)18(22-16(13)6-10)20-17(21)14-8-11-3-4-12(14)7-11/h10-12,14H,2-8H2,1H3,(H,20,21). The summed E-state index contributed by atoms with van der Waals surface area (Å²) in [7, 11) is 0. The van der Waals surface area contributed by atoms with Gasteiger partial charge in [0.2, 0.25) is 5.91 Å². The number of rotatable bonds is 2. The molecular weight excluding hydrogens is 292 g/mol. The van der Waals surface area contributed by atoms with Crippen molar-refractivity contribution in [3.8, 4) is 6.07 Å². The van der Waals surface area contributed by atoms with Crippen molar-refractivity contribution >= 4 is 22.2 Å². The topological polar surface area (TPSA) is 52.9 Å². The molecule has 3 aliphatic rings. The largest absolute Gasteiger partial charge is 0.316 e. The predicted octanol–water partition coefficient (Wildman–Crippen LogP) is 4.12. The molecule has 1 amide bonds. The second-order valence-electron chi connectivity index (χ2n) is 7.44. The summed E-state index contributed by atoms with van der Waals surface area (Å²) < 4.78 is 0. The Balaban J connectivity index is 1.56. The summed E-state index contributed by atoms with van der Waals surface area (Å²) in [5.41, 5.74) is 1.94. The van der Waals surface area contributed by atoms with Gasteiger partial charge in [-0.2, -0.15) is 5.26 Å². The molecular formula is C18H22N2OS. The lowest BCUT2D eigenvalue weighted by atomic mass is 9.88. The van der Waals surface area contributed by atoms with Gasteiger partial charge < -0.3 is 5.32 Å². The predicted molar refractivity (Wildman–Crippen MR) is 87.8 cm³/mol. The fraction of sp³-hybridized carbons (Fsp3) is 0.667. The summed E-state index contributed by atoms with van der Waals surface area (Å²) in [5, 5.41) is 13.4. The van der Waals surface area contributed by atoms with E-state index in [1.54, 1.807) is 11.3 Å². The number of hydrogen-bond acceptors (Lipinski definition) is 3. The van der Waals surface area contributed by atoms with Crippen molar-refractivity contribution in [2.45, 2.75) is 51.9 Å². The third-order valence-electron chi connectivity index (χ3n) is 5.94. The molecule has 2 saturated carbocycles. The summed E-state index contributed by atoms with van der Waals surface area (Å²) in [6, 6.07) is 2.34. The summed E-state index contributed by atoms with van der Waals surface area (Å²) >= 11 is 1.64. The lowest BCUT2D eigenvalue weighted by Crippen LogP contribution is -2.27. The first-order valence-electron chi connectivity index (χ1n) is 8.51. The Hall–Kier alpha value is -1.34. The van der Waals surface area contributed by atoms with E-state index in [1.165, 1.54) is 29.7 Å². The maximum absolute atomic E-state index is 12.6. The molecule has 0 aromatic carbocycles. The third-order valence-corrected chi connectivity index (χ3v) is 7.10. The molecule has 2 bridgehead atoms. The van der Waals surface area contributed by atoms with Crippen LogP contribution in [-0.4, -0.2) is 5.91 Å². The van der Waals surface area contributed by atoms with Crippen molar-refractivity contribution in [1.29, 1.82) is 5.26 Å². The molecule has 3 aliphatic carbocycles. The van der Waals surface area contributed by atoms with E-state index in [9.17, 15) is 10.1 Å². The van der Waals surface area contributed by atoms with E-state index in [2.05, 4.69) is 18.3 Å². The maximum Gasteiger partial charge on any atom is 0.228 e. The van der Waals surface area contributed by atoms with Crippen molar-refractivity contribution in [3.05, 3.63) is 16.0 Å². The van der Waals surface area contributed by atoms with Gasteiger partial charge in [0.1, 0.15) is 11.1 Å². The molecule has 1 aromatic rings. The molecule has 4 heteroatoms. The maximum atomic E-state index is 12.6. The van der Waals surface area contributed by atoms with Gasteiger partial charge in [0.15, 0.2) is 0 Å². The lowest BCUT2D eigenvalue weighted by molar-refractivity contribution is -0.121. The number of thiophene rings is 1. The van der Waals surface area contributed by atoms with Crippen LogP contribution in [0.4, 0.5) is 5.00 Å². The van der Waals surface area contributed by atoms with Crippen LogP contribution in [0.5, 0.6) is 0 Å². The Labute approximate surface area is 135 Å². The number of anilines is 1. The molecule has 0 radical (unpaired) electrons. The summed E-state index contributed by atoms with van der Waals surface area (Å²) in [5.74, 6) is 2.39. The molecule has 3 nitrogen and oxygen atoms in total. The molecule has 22 heavy (non-hydrogen) atoms. The Bertz CT molecular complexity index is 657. The number of carbonyl (C=O) groups is 1. The fourth-order valence-corrected chi connectivity index (χ4v) is 6.09. The van der Waals surface area contributed by atoms with Crippen LogP contribution in [0.25, 0.3) is 0 Å². The van der Waals surface area contributed by atoms with Gasteiger partial charge in [-0.05, 0) is 61.8 Å². The highest BCUT2D eigenvalue weighted by Gasteiger charge is 2.43. The molecule has 0 saturated heterocycles. The molecule has 1 N–H and O–H groups in total. The van der Waals surface area contributed by atoms with Crippen LogP contribution >= 0.6 is 11.3 Å². The average molecular weight is 314 g/mol. The van der Waals surface area contributed by atoms with Crippen molar-refractivity contribution in [1.82, 2.24) is 0 Å². The van der Waals surface area contributed by atoms with Crippen LogP contribution in [0.1, 0.15) is 55.0 Å². The molecule has 0 spiro atoms. The van der Waals surface area contributed by atoms with Gasteiger partial charge >= 0.3 is 0 Å². The number of amides is 1. The Morgan fingerprint density at radius 1 is 1.32 bits per heavy atom. The van der Waals surface area contributed by atoms with Gasteiger partial charge in [0.05, 0.1) is 5.56 Å². The summed E-state index contributed by atoms with van der Waals surface area (Å²) in [4.78, 5) is 14.0. The first kappa shape index (κ1) is 14.3. The van der Waals surface area contributed by atoms with E-state index in [1.807, 2.05) is 0 Å². The van der Waals surface area contributed by atoms with Gasteiger partial charge in [0.25, 0.3) is 0 Å². The van der Waals surface area contributed by atoms with E-state index >= 15 is 0 Å². The van der Waals surface area contributed by atoms with Crippen molar-refractivity contribution in [2.24, 2.45) is 23.7 Å². The first-order chi connectivity index (χ1) is 10.7. The Kier molecular flexibility index (Phi) is 3.49. The molecule has 0 aliphatic heterocycles. The van der Waals surface area contributed by atoms with Crippen LogP contribution in [0.2, 0.25) is 0 Å². The SMILES string of the molecule is CC1CCc2c(sc(NC(=O)C3CC4CCC3C4)c2C#N)C1. The molecule has 4 atom stereocenters. The molecule has 1 heterocycles. The van der Waals surface area contributed by atoms with Gasteiger partial charge in [-0.25, -0.2) is 0 Å². The van der Waals surface area contributed by atoms with Gasteiger partial charge in [0, 0.05) is 10.8 Å². The van der Waals surface area contributed by atoms with Gasteiger partial charge in [-0.3, -0.25) is 4.79 Å². The molecule has 116 valence electrons. The van der Waals surface area contributed by atoms with Crippen molar-refractivity contribution < 1.29 is 4.79 Å². The highest BCUT2D eigenvalue weighted by Crippen LogP contribution is 2.49. The monoisotopic (exact) mass is 314 g/mol. The van der Waals surface area contributed by atoms with Gasteiger partial charge in [-0.1, -0.05) is 13.3 Å². The number of nitrogens with zero attached hydrogens (tertiary/aromatic N) is 1. The van der Waals surface area contributed by atoms with Crippen molar-refractivity contribution in [3.63, 3.8) is 0 Å². The van der Waals surface area contributed by atoms with Crippen LogP contribution < -0.4 is 5.32 Å². The molecule has 2 fully saturated rings. The first-order valence-corrected chi connectivity index (χ1v) is 9.32. The van der Waals surface area contributed by atoms with E-state index in [0.717, 1.165) is 42.2 Å². The number of fused-ring (bicyclic) bond motifs is 3. The minimum atomic E-state index is 0.162. The fourth-order valence-electron chi connectivity index (χ4n) is 4.73. The Morgan fingerprint density at radius 2 is 2.18 bits per heavy atom. The summed E-state index contributed by atoms with van der Waals surface area (Å²) in [6.07, 6.45) is 8.01. The van der Waals surface area contributed by atoms with Crippen LogP contribution in [0, 0.1) is 35.0 Å². The smallest absolute Gasteiger partial charge is 0.228 e.